The number of para-hydroxylation sites is 2. The lowest BCUT2D eigenvalue weighted by atomic mass is 9.87. The molecule has 0 aromatic heterocycles. The lowest BCUT2D eigenvalue weighted by Gasteiger charge is -2.22. The second-order valence-electron chi connectivity index (χ2n) is 5.95. The molecule has 2 heterocycles. The average molecular weight is 276 g/mol. The molecule has 1 aromatic rings. The van der Waals surface area contributed by atoms with E-state index >= 15 is 0 Å². The highest BCUT2D eigenvalue weighted by Gasteiger charge is 2.39. The molecule has 1 atom stereocenters. The summed E-state index contributed by atoms with van der Waals surface area (Å²) in [5, 5.41) is 3.50. The highest BCUT2D eigenvalue weighted by molar-refractivity contribution is 5.39. The number of methoxy groups -OCH3 is 1. The third-order valence-corrected chi connectivity index (χ3v) is 4.58. The molecule has 2 aliphatic heterocycles. The summed E-state index contributed by atoms with van der Waals surface area (Å²) in [5.41, 5.74) is 0.546. The maximum atomic E-state index is 5.86. The van der Waals surface area contributed by atoms with Gasteiger partial charge in [-0.05, 0) is 43.5 Å². The number of benzene rings is 1. The van der Waals surface area contributed by atoms with Crippen LogP contribution >= 0.6 is 0 Å². The van der Waals surface area contributed by atoms with Crippen LogP contribution in [0.15, 0.2) is 24.3 Å². The summed E-state index contributed by atoms with van der Waals surface area (Å²) >= 11 is 0. The summed E-state index contributed by atoms with van der Waals surface area (Å²) in [6.45, 7) is 6.53. The van der Waals surface area contributed by atoms with Crippen LogP contribution in [0.4, 0.5) is 0 Å². The van der Waals surface area contributed by atoms with E-state index in [1.54, 1.807) is 7.11 Å². The zero-order chi connectivity index (χ0) is 13.8. The van der Waals surface area contributed by atoms with Crippen molar-refractivity contribution in [3.05, 3.63) is 24.3 Å². The van der Waals surface area contributed by atoms with Gasteiger partial charge in [0, 0.05) is 19.6 Å². The summed E-state index contributed by atoms with van der Waals surface area (Å²) in [7, 11) is 1.68. The van der Waals surface area contributed by atoms with Gasteiger partial charge in [-0.15, -0.1) is 0 Å². The van der Waals surface area contributed by atoms with Crippen molar-refractivity contribution in [1.82, 2.24) is 10.2 Å². The van der Waals surface area contributed by atoms with Gasteiger partial charge in [0.1, 0.15) is 6.61 Å². The van der Waals surface area contributed by atoms with Crippen LogP contribution in [-0.2, 0) is 0 Å². The summed E-state index contributed by atoms with van der Waals surface area (Å²) in [5.74, 6) is 1.65. The molecule has 2 aliphatic rings. The van der Waals surface area contributed by atoms with Gasteiger partial charge in [0.05, 0.1) is 7.11 Å². The predicted octanol–water partition coefficient (Wildman–Crippen LogP) is 1.76. The molecule has 4 heteroatoms. The quantitative estimate of drug-likeness (QED) is 0.888. The van der Waals surface area contributed by atoms with Crippen LogP contribution in [0, 0.1) is 5.41 Å². The van der Waals surface area contributed by atoms with Crippen molar-refractivity contribution in [3.63, 3.8) is 0 Å². The second-order valence-corrected chi connectivity index (χ2v) is 5.95. The molecular weight excluding hydrogens is 252 g/mol. The molecule has 2 fully saturated rings. The molecule has 1 spiro atoms. The molecule has 2 saturated heterocycles. The molecule has 1 aromatic carbocycles. The van der Waals surface area contributed by atoms with E-state index in [4.69, 9.17) is 9.47 Å². The number of likely N-dealkylation sites (tertiary alicyclic amines) is 1. The third kappa shape index (κ3) is 2.91. The fourth-order valence-electron chi connectivity index (χ4n) is 3.39. The van der Waals surface area contributed by atoms with Crippen molar-refractivity contribution in [3.8, 4) is 11.5 Å². The Bertz CT molecular complexity index is 444. The molecule has 1 N–H and O–H groups in total. The van der Waals surface area contributed by atoms with Gasteiger partial charge in [-0.1, -0.05) is 12.1 Å². The average Bonchev–Trinajstić information content (AvgIpc) is 3.10. The van der Waals surface area contributed by atoms with Gasteiger partial charge in [0.15, 0.2) is 11.5 Å². The van der Waals surface area contributed by atoms with Gasteiger partial charge in [0.2, 0.25) is 0 Å². The monoisotopic (exact) mass is 276 g/mol. The number of rotatable bonds is 5. The van der Waals surface area contributed by atoms with Crippen molar-refractivity contribution in [1.29, 1.82) is 0 Å². The minimum absolute atomic E-state index is 0.546. The Hall–Kier alpha value is -1.26. The van der Waals surface area contributed by atoms with Gasteiger partial charge in [0.25, 0.3) is 0 Å². The Morgan fingerprint density at radius 1 is 1.25 bits per heavy atom. The number of hydrogen-bond donors (Lipinski definition) is 1. The number of nitrogens with zero attached hydrogens (tertiary/aromatic N) is 1. The summed E-state index contributed by atoms with van der Waals surface area (Å²) in [6.07, 6.45) is 2.66. The normalized spacial score (nSPS) is 26.2. The van der Waals surface area contributed by atoms with Crippen LogP contribution in [0.25, 0.3) is 0 Å². The molecule has 0 amide bonds. The van der Waals surface area contributed by atoms with Gasteiger partial charge >= 0.3 is 0 Å². The van der Waals surface area contributed by atoms with Gasteiger partial charge < -0.3 is 14.8 Å². The molecule has 0 radical (unpaired) electrons. The highest BCUT2D eigenvalue weighted by Crippen LogP contribution is 2.35. The van der Waals surface area contributed by atoms with Crippen LogP contribution in [0.3, 0.4) is 0 Å². The van der Waals surface area contributed by atoms with Crippen LogP contribution in [0.2, 0.25) is 0 Å². The largest absolute Gasteiger partial charge is 0.493 e. The molecule has 0 bridgehead atoms. The van der Waals surface area contributed by atoms with Crippen molar-refractivity contribution < 1.29 is 9.47 Å². The van der Waals surface area contributed by atoms with Crippen molar-refractivity contribution in [2.75, 3.05) is 46.4 Å². The lowest BCUT2D eigenvalue weighted by Crippen LogP contribution is -2.31. The number of hydrogen-bond acceptors (Lipinski definition) is 4. The van der Waals surface area contributed by atoms with E-state index < -0.39 is 0 Å². The maximum absolute atomic E-state index is 5.86. The zero-order valence-electron chi connectivity index (χ0n) is 12.2. The van der Waals surface area contributed by atoms with Crippen LogP contribution in [0.5, 0.6) is 11.5 Å². The Labute approximate surface area is 121 Å². The van der Waals surface area contributed by atoms with Gasteiger partial charge in [-0.25, -0.2) is 0 Å². The van der Waals surface area contributed by atoms with Gasteiger partial charge in [-0.2, -0.15) is 0 Å². The number of ether oxygens (including phenoxy) is 2. The Morgan fingerprint density at radius 2 is 2.10 bits per heavy atom. The first-order chi connectivity index (χ1) is 9.81. The van der Waals surface area contributed by atoms with Crippen LogP contribution in [0.1, 0.15) is 12.8 Å². The third-order valence-electron chi connectivity index (χ3n) is 4.58. The van der Waals surface area contributed by atoms with E-state index in [0.29, 0.717) is 5.41 Å². The van der Waals surface area contributed by atoms with E-state index in [-0.39, 0.29) is 0 Å². The summed E-state index contributed by atoms with van der Waals surface area (Å²) in [4.78, 5) is 2.53. The Balaban J connectivity index is 1.46. The van der Waals surface area contributed by atoms with Crippen LogP contribution < -0.4 is 14.8 Å². The highest BCUT2D eigenvalue weighted by atomic mass is 16.5. The first-order valence-electron chi connectivity index (χ1n) is 7.50. The number of nitrogens with one attached hydrogen (secondary N) is 1. The first kappa shape index (κ1) is 13.7. The predicted molar refractivity (Wildman–Crippen MR) is 79.5 cm³/mol. The Kier molecular flexibility index (Phi) is 4.13. The molecule has 110 valence electrons. The standard InChI is InChI=1S/C16H24N2O2/c1-19-14-4-2-3-5-15(14)20-11-10-18-9-7-16(13-18)6-8-17-12-16/h2-5,17H,6-13H2,1H3. The van der Waals surface area contributed by atoms with Crippen molar-refractivity contribution >= 4 is 0 Å². The fourth-order valence-corrected chi connectivity index (χ4v) is 3.39. The van der Waals surface area contributed by atoms with E-state index in [0.717, 1.165) is 24.7 Å². The lowest BCUT2D eigenvalue weighted by molar-refractivity contribution is 0.212. The first-order valence-corrected chi connectivity index (χ1v) is 7.50. The molecule has 0 saturated carbocycles. The van der Waals surface area contributed by atoms with E-state index in [1.807, 2.05) is 24.3 Å². The topological polar surface area (TPSA) is 33.7 Å². The summed E-state index contributed by atoms with van der Waals surface area (Å²) < 4.78 is 11.2. The molecular formula is C16H24N2O2. The minimum atomic E-state index is 0.546. The molecule has 20 heavy (non-hydrogen) atoms. The molecule has 0 aliphatic carbocycles. The fraction of sp³-hybridized carbons (Fsp3) is 0.625. The second kappa shape index (κ2) is 6.02. The van der Waals surface area contributed by atoms with E-state index in [1.165, 1.54) is 39.0 Å². The van der Waals surface area contributed by atoms with Crippen molar-refractivity contribution in [2.45, 2.75) is 12.8 Å². The van der Waals surface area contributed by atoms with E-state index in [2.05, 4.69) is 10.2 Å². The summed E-state index contributed by atoms with van der Waals surface area (Å²) in [6, 6.07) is 7.84. The Morgan fingerprint density at radius 3 is 2.85 bits per heavy atom. The van der Waals surface area contributed by atoms with Crippen molar-refractivity contribution in [2.24, 2.45) is 5.41 Å². The molecule has 1 unspecified atom stereocenters. The maximum Gasteiger partial charge on any atom is 0.161 e. The van der Waals surface area contributed by atoms with Crippen LogP contribution in [-0.4, -0.2) is 51.3 Å². The zero-order valence-corrected chi connectivity index (χ0v) is 12.2. The molecule has 4 nitrogen and oxygen atoms in total. The van der Waals surface area contributed by atoms with E-state index in [9.17, 15) is 0 Å². The minimum Gasteiger partial charge on any atom is -0.493 e. The molecule has 3 rings (SSSR count). The SMILES string of the molecule is COc1ccccc1OCCN1CCC2(CCNC2)C1. The van der Waals surface area contributed by atoms with Gasteiger partial charge in [-0.3, -0.25) is 4.90 Å². The smallest absolute Gasteiger partial charge is 0.161 e.